The smallest absolute Gasteiger partial charge is 0.263 e. The second kappa shape index (κ2) is 10.1. The summed E-state index contributed by atoms with van der Waals surface area (Å²) in [4.78, 5) is 23.9. The fraction of sp³-hybridized carbons (Fsp3) is 0.360. The summed E-state index contributed by atoms with van der Waals surface area (Å²) in [5.74, 6) is 0.0890. The molecule has 0 spiro atoms. The zero-order valence-electron chi connectivity index (χ0n) is 19.6. The van der Waals surface area contributed by atoms with Gasteiger partial charge in [0.2, 0.25) is 5.91 Å². The zero-order valence-corrected chi connectivity index (χ0v) is 21.2. The predicted molar refractivity (Wildman–Crippen MR) is 142 cm³/mol. The Morgan fingerprint density at radius 3 is 2.40 bits per heavy atom. The third-order valence-electron chi connectivity index (χ3n) is 6.91. The van der Waals surface area contributed by atoms with Gasteiger partial charge in [-0.2, -0.15) is 0 Å². The Morgan fingerprint density at radius 1 is 1.03 bits per heavy atom. The van der Waals surface area contributed by atoms with Crippen molar-refractivity contribution in [1.29, 1.82) is 0 Å². The lowest BCUT2D eigenvalue weighted by atomic mass is 10.1. The third-order valence-corrected chi connectivity index (χ3v) is 9.08. The summed E-state index contributed by atoms with van der Waals surface area (Å²) in [6, 6.07) is 17.2. The molecule has 2 saturated heterocycles. The number of thiazole rings is 1. The van der Waals surface area contributed by atoms with Crippen molar-refractivity contribution < 1.29 is 16.1 Å². The van der Waals surface area contributed by atoms with Gasteiger partial charge >= 0.3 is 0 Å². The summed E-state index contributed by atoms with van der Waals surface area (Å²) in [6.45, 7) is 6.45. The number of amides is 1. The van der Waals surface area contributed by atoms with Crippen LogP contribution in [0.25, 0.3) is 0 Å². The van der Waals surface area contributed by atoms with Crippen LogP contribution < -0.4 is 9.62 Å². The van der Waals surface area contributed by atoms with Crippen molar-refractivity contribution in [3.63, 3.8) is 0 Å². The number of anilines is 2. The van der Waals surface area contributed by atoms with E-state index in [1.807, 2.05) is 6.07 Å². The number of aromatic nitrogens is 1. The molecule has 10 heteroatoms. The SMILES string of the molecule is C[C@@H](c1ccccc1)N1CCN(C2CCN(c3ccc(S(=O)(=O)Nc4nccs4)cc3)C2=O)CC1.[HH].[HH]. The molecule has 188 valence electrons. The number of nitrogens with one attached hydrogen (secondary N) is 1. The van der Waals surface area contributed by atoms with Gasteiger partial charge < -0.3 is 4.90 Å². The summed E-state index contributed by atoms with van der Waals surface area (Å²) in [5, 5.41) is 2.03. The van der Waals surface area contributed by atoms with Gasteiger partial charge in [-0.3, -0.25) is 19.3 Å². The maximum absolute atomic E-state index is 13.3. The lowest BCUT2D eigenvalue weighted by molar-refractivity contribution is -0.122. The molecule has 2 atom stereocenters. The number of carbonyl (C=O) groups excluding carboxylic acids is 1. The van der Waals surface area contributed by atoms with E-state index in [4.69, 9.17) is 0 Å². The van der Waals surface area contributed by atoms with Crippen LogP contribution in [-0.4, -0.2) is 67.9 Å². The zero-order chi connectivity index (χ0) is 24.4. The first-order chi connectivity index (χ1) is 16.9. The van der Waals surface area contributed by atoms with Crippen molar-refractivity contribution >= 4 is 38.1 Å². The van der Waals surface area contributed by atoms with E-state index in [1.54, 1.807) is 28.6 Å². The number of piperazine rings is 1. The molecule has 0 radical (unpaired) electrons. The van der Waals surface area contributed by atoms with Crippen molar-refractivity contribution in [2.24, 2.45) is 0 Å². The molecular weight excluding hydrogens is 482 g/mol. The minimum atomic E-state index is -3.72. The summed E-state index contributed by atoms with van der Waals surface area (Å²) in [7, 11) is -3.72. The summed E-state index contributed by atoms with van der Waals surface area (Å²) >= 11 is 1.22. The highest BCUT2D eigenvalue weighted by Gasteiger charge is 2.38. The van der Waals surface area contributed by atoms with Crippen molar-refractivity contribution in [3.8, 4) is 0 Å². The average Bonchev–Trinajstić information content (AvgIpc) is 3.53. The minimum Gasteiger partial charge on any atom is -0.311 e. The number of rotatable bonds is 7. The van der Waals surface area contributed by atoms with Crippen LogP contribution in [-0.2, 0) is 14.8 Å². The van der Waals surface area contributed by atoms with Crippen LogP contribution in [0.15, 0.2) is 71.1 Å². The van der Waals surface area contributed by atoms with Gasteiger partial charge in [0.05, 0.1) is 10.9 Å². The molecule has 1 aromatic heterocycles. The Bertz CT molecular complexity index is 1250. The Balaban J connectivity index is 0.00000190. The van der Waals surface area contributed by atoms with Crippen LogP contribution in [0.4, 0.5) is 10.8 Å². The summed E-state index contributed by atoms with van der Waals surface area (Å²) in [6.07, 6.45) is 2.32. The highest BCUT2D eigenvalue weighted by Crippen LogP contribution is 2.28. The highest BCUT2D eigenvalue weighted by molar-refractivity contribution is 7.93. The van der Waals surface area contributed by atoms with Crippen LogP contribution in [0.5, 0.6) is 0 Å². The van der Waals surface area contributed by atoms with Crippen molar-refractivity contribution in [1.82, 2.24) is 14.8 Å². The molecule has 5 rings (SSSR count). The third kappa shape index (κ3) is 5.11. The summed E-state index contributed by atoms with van der Waals surface area (Å²) < 4.78 is 27.6. The number of hydrogen-bond acceptors (Lipinski definition) is 7. The number of benzene rings is 2. The van der Waals surface area contributed by atoms with Crippen LogP contribution in [0, 0.1) is 0 Å². The van der Waals surface area contributed by atoms with Crippen LogP contribution in [0.2, 0.25) is 0 Å². The first-order valence-corrected chi connectivity index (χ1v) is 14.2. The second-order valence-electron chi connectivity index (χ2n) is 8.89. The average molecular weight is 516 g/mol. The van der Waals surface area contributed by atoms with Gasteiger partial charge in [0.1, 0.15) is 0 Å². The predicted octanol–water partition coefficient (Wildman–Crippen LogP) is 3.92. The van der Waals surface area contributed by atoms with Crippen molar-refractivity contribution in [2.45, 2.75) is 30.3 Å². The van der Waals surface area contributed by atoms with Crippen LogP contribution in [0.1, 0.15) is 27.8 Å². The van der Waals surface area contributed by atoms with Gasteiger partial charge in [-0.1, -0.05) is 30.3 Å². The molecule has 1 amide bonds. The van der Waals surface area contributed by atoms with Gasteiger partial charge in [-0.25, -0.2) is 13.4 Å². The molecule has 0 aliphatic carbocycles. The van der Waals surface area contributed by atoms with E-state index in [2.05, 4.69) is 50.7 Å². The van der Waals surface area contributed by atoms with E-state index in [9.17, 15) is 13.2 Å². The topological polar surface area (TPSA) is 85.8 Å². The van der Waals surface area contributed by atoms with E-state index in [-0.39, 0.29) is 19.7 Å². The van der Waals surface area contributed by atoms with Crippen molar-refractivity contribution in [3.05, 3.63) is 71.7 Å². The number of nitrogens with zero attached hydrogens (tertiary/aromatic N) is 4. The maximum atomic E-state index is 13.3. The van der Waals surface area contributed by atoms with E-state index < -0.39 is 10.0 Å². The quantitative estimate of drug-likeness (QED) is 0.513. The molecule has 8 nitrogen and oxygen atoms in total. The fourth-order valence-corrected chi connectivity index (χ4v) is 6.68. The van der Waals surface area contributed by atoms with E-state index in [0.717, 1.165) is 38.3 Å². The number of carbonyl (C=O) groups is 1. The molecule has 2 aromatic carbocycles. The van der Waals surface area contributed by atoms with Gasteiger partial charge in [0.15, 0.2) is 5.13 Å². The molecule has 3 heterocycles. The monoisotopic (exact) mass is 515 g/mol. The first-order valence-electron chi connectivity index (χ1n) is 11.8. The molecule has 2 aliphatic heterocycles. The first kappa shape index (κ1) is 23.9. The van der Waals surface area contributed by atoms with E-state index >= 15 is 0 Å². The number of sulfonamides is 1. The molecular formula is C25H33N5O3S2. The molecule has 3 aromatic rings. The highest BCUT2D eigenvalue weighted by atomic mass is 32.2. The lowest BCUT2D eigenvalue weighted by Crippen LogP contribution is -2.52. The second-order valence-corrected chi connectivity index (χ2v) is 11.5. The minimum absolute atomic E-state index is 0. The molecule has 0 saturated carbocycles. The van der Waals surface area contributed by atoms with Gasteiger partial charge in [-0.05, 0) is 43.2 Å². The largest absolute Gasteiger partial charge is 0.311 e. The Kier molecular flexibility index (Phi) is 6.88. The Labute approximate surface area is 213 Å². The van der Waals surface area contributed by atoms with Gasteiger partial charge in [0.25, 0.3) is 10.0 Å². The molecule has 2 fully saturated rings. The van der Waals surface area contributed by atoms with Crippen LogP contribution in [0.3, 0.4) is 0 Å². The standard InChI is InChI=1S/C25H29N5O3S2.2H2/c1-19(20-5-3-2-4-6-20)28-14-16-29(17-15-28)23-11-13-30(24(23)31)21-7-9-22(10-8-21)35(32,33)27-25-26-12-18-34-25;;/h2-10,12,18-19,23H,11,13-17H2,1H3,(H,26,27);2*1H/t19-,23?;;/m0../s1. The molecule has 35 heavy (non-hydrogen) atoms. The molecule has 1 unspecified atom stereocenters. The van der Waals surface area contributed by atoms with Gasteiger partial charge in [-0.15, -0.1) is 11.3 Å². The van der Waals surface area contributed by atoms with E-state index in [0.29, 0.717) is 17.7 Å². The molecule has 1 N–H and O–H groups in total. The lowest BCUT2D eigenvalue weighted by Gasteiger charge is -2.40. The fourth-order valence-electron chi connectivity index (χ4n) is 4.89. The van der Waals surface area contributed by atoms with Crippen molar-refractivity contribution in [2.75, 3.05) is 42.3 Å². The Morgan fingerprint density at radius 2 is 1.74 bits per heavy atom. The number of hydrogen-bond donors (Lipinski definition) is 1. The Hall–Kier alpha value is -2.79. The van der Waals surface area contributed by atoms with Gasteiger partial charge in [0, 0.05) is 58.9 Å². The maximum Gasteiger partial charge on any atom is 0.263 e. The normalized spacial score (nSPS) is 20.8. The van der Waals surface area contributed by atoms with Crippen LogP contribution >= 0.6 is 11.3 Å². The molecule has 2 aliphatic rings. The molecule has 0 bridgehead atoms. The van der Waals surface area contributed by atoms with E-state index in [1.165, 1.54) is 29.0 Å². The summed E-state index contributed by atoms with van der Waals surface area (Å²) in [5.41, 5.74) is 2.04.